The molecule has 2 rings (SSSR count). The van der Waals surface area contributed by atoms with Crippen LogP contribution in [0.25, 0.3) is 0 Å². The minimum Gasteiger partial charge on any atom is -0.507 e. The van der Waals surface area contributed by atoms with Crippen LogP contribution >= 0.6 is 0 Å². The summed E-state index contributed by atoms with van der Waals surface area (Å²) in [6, 6.07) is 0. The molecule has 0 aromatic rings. The number of carboxylic acids is 1. The lowest BCUT2D eigenvalue weighted by molar-refractivity contribution is -0.138. The van der Waals surface area contributed by atoms with Crippen LogP contribution in [0.3, 0.4) is 0 Å². The second kappa shape index (κ2) is 12.8. The summed E-state index contributed by atoms with van der Waals surface area (Å²) in [5, 5.41) is 21.2. The minimum atomic E-state index is -1.26. The number of aliphatic hydroxyl groups is 1. The van der Waals surface area contributed by atoms with E-state index in [9.17, 15) is 24.6 Å². The summed E-state index contributed by atoms with van der Waals surface area (Å²) in [5.74, 6) is -3.17. The lowest BCUT2D eigenvalue weighted by Crippen LogP contribution is -2.48. The molecule has 0 radical (unpaired) electrons. The normalized spacial score (nSPS) is 24.8. The molecule has 0 saturated carbocycles. The molecule has 5 unspecified atom stereocenters. The van der Waals surface area contributed by atoms with E-state index in [2.05, 4.69) is 12.7 Å². The molecule has 6 heteroatoms. The van der Waals surface area contributed by atoms with Gasteiger partial charge in [0.25, 0.3) is 0 Å². The first-order chi connectivity index (χ1) is 17.7. The minimum absolute atomic E-state index is 0.0431. The second-order valence-electron chi connectivity index (χ2n) is 11.7. The summed E-state index contributed by atoms with van der Waals surface area (Å²) in [5.41, 5.74) is 1.90. The molecular formula is C32H46O6. The van der Waals surface area contributed by atoms with Crippen molar-refractivity contribution in [2.24, 2.45) is 23.2 Å². The molecule has 0 aromatic heterocycles. The van der Waals surface area contributed by atoms with Crippen LogP contribution in [0.2, 0.25) is 0 Å². The van der Waals surface area contributed by atoms with Gasteiger partial charge in [0.05, 0.1) is 23.3 Å². The van der Waals surface area contributed by atoms with Gasteiger partial charge in [-0.15, -0.1) is 0 Å². The van der Waals surface area contributed by atoms with Crippen molar-refractivity contribution >= 4 is 17.5 Å². The van der Waals surface area contributed by atoms with Crippen LogP contribution in [0, 0.1) is 23.2 Å². The standard InChI is InChI=1S/C32H46O6/c1-10-11-23(16-25(33)34)26-29(36)27-28(35)21(8)22(9)38-31(27)32(30(26)37,15-14-19(4)5)17-24(20(6)7)13-12-18(2)3/h12,14,21-24,36H,6,10-11,13,15-17H2,1-5,7-9H3,(H,33,34). The fourth-order valence-electron chi connectivity index (χ4n) is 5.46. The van der Waals surface area contributed by atoms with Crippen molar-refractivity contribution in [3.05, 3.63) is 58.1 Å². The van der Waals surface area contributed by atoms with Crippen LogP contribution in [0.5, 0.6) is 0 Å². The topological polar surface area (TPSA) is 101 Å². The molecule has 1 heterocycles. The zero-order valence-corrected chi connectivity index (χ0v) is 24.4. The van der Waals surface area contributed by atoms with E-state index in [0.29, 0.717) is 25.7 Å². The van der Waals surface area contributed by atoms with Crippen LogP contribution in [0.15, 0.2) is 58.1 Å². The molecule has 0 spiro atoms. The second-order valence-corrected chi connectivity index (χ2v) is 11.7. The Balaban J connectivity index is 2.94. The summed E-state index contributed by atoms with van der Waals surface area (Å²) in [7, 11) is 0. The molecule has 0 bridgehead atoms. The Bertz CT molecular complexity index is 1090. The monoisotopic (exact) mass is 526 g/mol. The number of Topliss-reactive ketones (excluding diaryl/α,β-unsaturated/α-hetero) is 2. The van der Waals surface area contributed by atoms with Gasteiger partial charge in [-0.3, -0.25) is 14.4 Å². The van der Waals surface area contributed by atoms with Gasteiger partial charge in [0, 0.05) is 11.5 Å². The summed E-state index contributed by atoms with van der Waals surface area (Å²) in [6.45, 7) is 19.6. The van der Waals surface area contributed by atoms with Gasteiger partial charge in [0.1, 0.15) is 17.6 Å². The number of carbonyl (C=O) groups is 3. The first-order valence-corrected chi connectivity index (χ1v) is 13.8. The van der Waals surface area contributed by atoms with E-state index in [-0.39, 0.29) is 47.2 Å². The average Bonchev–Trinajstić information content (AvgIpc) is 2.80. The number of ketones is 2. The highest BCUT2D eigenvalue weighted by Crippen LogP contribution is 2.54. The van der Waals surface area contributed by atoms with Gasteiger partial charge in [-0.2, -0.15) is 0 Å². The number of carbonyl (C=O) groups excluding carboxylic acids is 2. The molecule has 210 valence electrons. The molecule has 6 nitrogen and oxygen atoms in total. The highest BCUT2D eigenvalue weighted by atomic mass is 16.5. The van der Waals surface area contributed by atoms with Gasteiger partial charge in [-0.1, -0.05) is 55.7 Å². The fraction of sp³-hybridized carbons (Fsp3) is 0.594. The number of ether oxygens (including phenoxy) is 1. The van der Waals surface area contributed by atoms with Crippen molar-refractivity contribution in [3.8, 4) is 0 Å². The third-order valence-corrected chi connectivity index (χ3v) is 7.93. The first kappa shape index (κ1) is 31.3. The third-order valence-electron chi connectivity index (χ3n) is 7.93. The number of rotatable bonds is 12. The number of carboxylic acid groups (broad SMARTS) is 1. The number of hydrogen-bond acceptors (Lipinski definition) is 5. The molecule has 2 aliphatic rings. The van der Waals surface area contributed by atoms with Crippen LogP contribution in [-0.2, 0) is 19.1 Å². The van der Waals surface area contributed by atoms with Gasteiger partial charge in [0.2, 0.25) is 0 Å². The predicted octanol–water partition coefficient (Wildman–Crippen LogP) is 7.43. The summed E-state index contributed by atoms with van der Waals surface area (Å²) in [6.07, 6.45) is 5.64. The Kier molecular flexibility index (Phi) is 10.5. The quantitative estimate of drug-likeness (QED) is 0.256. The van der Waals surface area contributed by atoms with Crippen molar-refractivity contribution < 1.29 is 29.3 Å². The maximum atomic E-state index is 14.7. The molecule has 1 aliphatic carbocycles. The Morgan fingerprint density at radius 2 is 1.71 bits per heavy atom. The summed E-state index contributed by atoms with van der Waals surface area (Å²) >= 11 is 0. The highest BCUT2D eigenvalue weighted by molar-refractivity contribution is 6.12. The molecule has 0 aromatic carbocycles. The zero-order chi connectivity index (χ0) is 28.9. The Labute approximate surface area is 228 Å². The van der Waals surface area contributed by atoms with E-state index >= 15 is 0 Å². The Morgan fingerprint density at radius 1 is 1.11 bits per heavy atom. The van der Waals surface area contributed by atoms with Gasteiger partial charge in [0.15, 0.2) is 11.6 Å². The first-order valence-electron chi connectivity index (χ1n) is 13.8. The van der Waals surface area contributed by atoms with Crippen molar-refractivity contribution in [2.45, 2.75) is 100 Å². The number of allylic oxidation sites excluding steroid dienone is 8. The largest absolute Gasteiger partial charge is 0.507 e. The van der Waals surface area contributed by atoms with E-state index in [1.807, 2.05) is 54.5 Å². The fourth-order valence-corrected chi connectivity index (χ4v) is 5.46. The molecule has 5 atom stereocenters. The molecular weight excluding hydrogens is 480 g/mol. The van der Waals surface area contributed by atoms with Crippen LogP contribution in [0.4, 0.5) is 0 Å². The van der Waals surface area contributed by atoms with Gasteiger partial charge in [-0.25, -0.2) is 0 Å². The number of hydrogen-bond donors (Lipinski definition) is 2. The molecule has 0 amide bonds. The van der Waals surface area contributed by atoms with E-state index in [1.54, 1.807) is 6.92 Å². The lowest BCUT2D eigenvalue weighted by Gasteiger charge is -2.45. The Hall–Kier alpha value is -2.89. The van der Waals surface area contributed by atoms with E-state index in [4.69, 9.17) is 4.74 Å². The molecule has 0 fully saturated rings. The van der Waals surface area contributed by atoms with E-state index in [1.165, 1.54) is 0 Å². The smallest absolute Gasteiger partial charge is 0.303 e. The molecule has 38 heavy (non-hydrogen) atoms. The SMILES string of the molecule is C=C(C)C(CC=C(C)C)CC1(CC=C(C)C)C(=O)C(C(CCC)CC(=O)O)=C(O)C2=C1OC(C)C(C)C2=O. The van der Waals surface area contributed by atoms with Crippen LogP contribution < -0.4 is 0 Å². The summed E-state index contributed by atoms with van der Waals surface area (Å²) in [4.78, 5) is 40.2. The van der Waals surface area contributed by atoms with Crippen molar-refractivity contribution in [1.29, 1.82) is 0 Å². The number of aliphatic hydroxyl groups excluding tert-OH is 1. The van der Waals surface area contributed by atoms with Gasteiger partial charge < -0.3 is 14.9 Å². The van der Waals surface area contributed by atoms with Crippen molar-refractivity contribution in [3.63, 3.8) is 0 Å². The predicted molar refractivity (Wildman–Crippen MR) is 151 cm³/mol. The Morgan fingerprint density at radius 3 is 2.21 bits per heavy atom. The summed E-state index contributed by atoms with van der Waals surface area (Å²) < 4.78 is 6.39. The molecule has 1 aliphatic heterocycles. The zero-order valence-electron chi connectivity index (χ0n) is 24.4. The van der Waals surface area contributed by atoms with Crippen molar-refractivity contribution in [2.75, 3.05) is 0 Å². The lowest BCUT2D eigenvalue weighted by atomic mass is 9.61. The maximum Gasteiger partial charge on any atom is 0.303 e. The van der Waals surface area contributed by atoms with Crippen LogP contribution in [0.1, 0.15) is 93.9 Å². The number of aliphatic carboxylic acids is 1. The van der Waals surface area contributed by atoms with E-state index < -0.39 is 35.1 Å². The van der Waals surface area contributed by atoms with Crippen molar-refractivity contribution in [1.82, 2.24) is 0 Å². The van der Waals surface area contributed by atoms with Gasteiger partial charge in [-0.05, 0) is 73.1 Å². The average molecular weight is 527 g/mol. The van der Waals surface area contributed by atoms with E-state index in [0.717, 1.165) is 16.7 Å². The highest BCUT2D eigenvalue weighted by Gasteiger charge is 2.56. The van der Waals surface area contributed by atoms with Crippen LogP contribution in [-0.4, -0.2) is 33.9 Å². The maximum absolute atomic E-state index is 14.7. The van der Waals surface area contributed by atoms with Gasteiger partial charge >= 0.3 is 5.97 Å². The molecule has 2 N–H and O–H groups in total. The third kappa shape index (κ3) is 6.57. The molecule has 0 saturated heterocycles.